The zero-order valence-corrected chi connectivity index (χ0v) is 8.01. The number of alkyl halides is 1. The highest BCUT2D eigenvalue weighted by Gasteiger charge is 2.20. The Morgan fingerprint density at radius 1 is 1.47 bits per heavy atom. The first-order valence-electron chi connectivity index (χ1n) is 4.31. The number of hydrogen-bond acceptors (Lipinski definition) is 3. The van der Waals surface area contributed by atoms with Crippen molar-refractivity contribution in [2.75, 3.05) is 0 Å². The molecule has 0 radical (unpaired) electrons. The molecule has 5 heteroatoms. The lowest BCUT2D eigenvalue weighted by molar-refractivity contribution is -0.147. The van der Waals surface area contributed by atoms with E-state index in [1.807, 2.05) is 0 Å². The van der Waals surface area contributed by atoms with Crippen molar-refractivity contribution in [1.29, 1.82) is 0 Å². The maximum absolute atomic E-state index is 12.9. The second kappa shape index (κ2) is 4.27. The van der Waals surface area contributed by atoms with E-state index in [1.54, 1.807) is 0 Å². The van der Waals surface area contributed by atoms with E-state index in [-0.39, 0.29) is 16.9 Å². The van der Waals surface area contributed by atoms with E-state index in [2.05, 4.69) is 0 Å². The number of aliphatic hydroxyl groups is 1. The number of phenolic OH excluding ortho intramolecular Hbond substituents is 1. The Labute approximate surface area is 85.6 Å². The van der Waals surface area contributed by atoms with Crippen LogP contribution in [0.15, 0.2) is 18.2 Å². The van der Waals surface area contributed by atoms with Crippen molar-refractivity contribution in [3.05, 3.63) is 29.3 Å². The van der Waals surface area contributed by atoms with Crippen LogP contribution in [0.2, 0.25) is 0 Å². The molecule has 0 aliphatic rings. The summed E-state index contributed by atoms with van der Waals surface area (Å²) in [6.45, 7) is 1.28. The van der Waals surface area contributed by atoms with Crippen molar-refractivity contribution >= 4 is 5.97 Å². The molecule has 0 aliphatic heterocycles. The predicted molar refractivity (Wildman–Crippen MR) is 50.2 cm³/mol. The third-order valence-corrected chi connectivity index (χ3v) is 2.04. The van der Waals surface area contributed by atoms with Crippen molar-refractivity contribution in [3.63, 3.8) is 0 Å². The first kappa shape index (κ1) is 11.5. The predicted octanol–water partition coefficient (Wildman–Crippen LogP) is 1.54. The number of phenols is 1. The van der Waals surface area contributed by atoms with Gasteiger partial charge in [-0.05, 0) is 24.6 Å². The Bertz CT molecular complexity index is 376. The molecule has 0 bridgehead atoms. The van der Waals surface area contributed by atoms with Gasteiger partial charge < -0.3 is 15.3 Å². The van der Waals surface area contributed by atoms with Gasteiger partial charge in [0.15, 0.2) is 6.10 Å². The highest BCUT2D eigenvalue weighted by Crippen LogP contribution is 2.28. The van der Waals surface area contributed by atoms with Crippen LogP contribution >= 0.6 is 0 Å². The Kier molecular flexibility index (Phi) is 3.26. The molecule has 0 aliphatic carbocycles. The fraction of sp³-hybridized carbons (Fsp3) is 0.300. The van der Waals surface area contributed by atoms with Crippen LogP contribution < -0.4 is 0 Å². The largest absolute Gasteiger partial charge is 0.508 e. The normalized spacial score (nSPS) is 14.6. The van der Waals surface area contributed by atoms with E-state index in [0.29, 0.717) is 0 Å². The third kappa shape index (κ3) is 2.44. The van der Waals surface area contributed by atoms with Gasteiger partial charge in [0, 0.05) is 5.56 Å². The monoisotopic (exact) mass is 214 g/mol. The summed E-state index contributed by atoms with van der Waals surface area (Å²) in [5.74, 6) is -1.86. The average molecular weight is 214 g/mol. The van der Waals surface area contributed by atoms with Gasteiger partial charge in [0.2, 0.25) is 0 Å². The molecule has 3 N–H and O–H groups in total. The van der Waals surface area contributed by atoms with Gasteiger partial charge in [-0.2, -0.15) is 0 Å². The van der Waals surface area contributed by atoms with Gasteiger partial charge in [0.1, 0.15) is 11.9 Å². The summed E-state index contributed by atoms with van der Waals surface area (Å²) in [4.78, 5) is 10.5. The van der Waals surface area contributed by atoms with Gasteiger partial charge in [-0.1, -0.05) is 6.07 Å². The third-order valence-electron chi connectivity index (χ3n) is 2.04. The average Bonchev–Trinajstić information content (AvgIpc) is 2.16. The van der Waals surface area contributed by atoms with Crippen LogP contribution in [-0.2, 0) is 4.79 Å². The number of carbonyl (C=O) groups is 1. The molecule has 0 heterocycles. The fourth-order valence-electron chi connectivity index (χ4n) is 1.17. The number of aliphatic carboxylic acids is 1. The summed E-state index contributed by atoms with van der Waals surface area (Å²) in [6, 6.07) is 3.63. The second-order valence-corrected chi connectivity index (χ2v) is 3.18. The van der Waals surface area contributed by atoms with Crippen molar-refractivity contribution in [2.45, 2.75) is 19.2 Å². The summed E-state index contributed by atoms with van der Waals surface area (Å²) >= 11 is 0. The van der Waals surface area contributed by atoms with Gasteiger partial charge in [0.25, 0.3) is 0 Å². The van der Waals surface area contributed by atoms with E-state index in [9.17, 15) is 19.4 Å². The molecule has 0 spiro atoms. The topological polar surface area (TPSA) is 77.8 Å². The Balaban J connectivity index is 3.16. The molecule has 1 aromatic rings. The van der Waals surface area contributed by atoms with Crippen LogP contribution in [0.5, 0.6) is 5.75 Å². The molecule has 2 unspecified atom stereocenters. The zero-order valence-electron chi connectivity index (χ0n) is 8.01. The first-order valence-corrected chi connectivity index (χ1v) is 4.31. The van der Waals surface area contributed by atoms with Crippen molar-refractivity contribution in [1.82, 2.24) is 0 Å². The molecular weight excluding hydrogens is 203 g/mol. The Hall–Kier alpha value is -1.62. The summed E-state index contributed by atoms with van der Waals surface area (Å²) in [5.41, 5.74) is 0.00704. The molecule has 0 fully saturated rings. The van der Waals surface area contributed by atoms with Crippen LogP contribution in [-0.4, -0.2) is 21.3 Å². The minimum atomic E-state index is -1.84. The lowest BCUT2D eigenvalue weighted by atomic mass is 10.0. The lowest BCUT2D eigenvalue weighted by Gasteiger charge is -2.10. The smallest absolute Gasteiger partial charge is 0.337 e. The minimum absolute atomic E-state index is 0.204. The molecule has 1 aromatic carbocycles. The Morgan fingerprint density at radius 3 is 2.53 bits per heavy atom. The van der Waals surface area contributed by atoms with E-state index in [0.717, 1.165) is 12.1 Å². The van der Waals surface area contributed by atoms with Gasteiger partial charge >= 0.3 is 5.97 Å². The summed E-state index contributed by atoms with van der Waals surface area (Å²) in [6.07, 6.45) is -3.13. The number of halogens is 1. The number of benzene rings is 1. The molecule has 82 valence electrons. The van der Waals surface area contributed by atoms with Crippen molar-refractivity contribution in [3.8, 4) is 5.75 Å². The molecule has 0 saturated heterocycles. The Morgan fingerprint density at radius 2 is 2.07 bits per heavy atom. The number of carboxylic acids is 1. The van der Waals surface area contributed by atoms with Gasteiger partial charge in [-0.15, -0.1) is 0 Å². The molecule has 2 atom stereocenters. The summed E-state index contributed by atoms with van der Waals surface area (Å²) in [7, 11) is 0. The number of hydrogen-bond donors (Lipinski definition) is 3. The number of aromatic hydroxyl groups is 1. The van der Waals surface area contributed by atoms with E-state index >= 15 is 0 Å². The quantitative estimate of drug-likeness (QED) is 0.713. The summed E-state index contributed by atoms with van der Waals surface area (Å²) in [5, 5.41) is 27.0. The minimum Gasteiger partial charge on any atom is -0.508 e. The van der Waals surface area contributed by atoms with Crippen molar-refractivity contribution in [2.24, 2.45) is 0 Å². The van der Waals surface area contributed by atoms with Crippen LogP contribution in [0.25, 0.3) is 0 Å². The highest BCUT2D eigenvalue weighted by atomic mass is 19.1. The number of rotatable bonds is 3. The van der Waals surface area contributed by atoms with Gasteiger partial charge in [-0.3, -0.25) is 0 Å². The molecule has 4 nitrogen and oxygen atoms in total. The van der Waals surface area contributed by atoms with Gasteiger partial charge in [0.05, 0.1) is 0 Å². The molecule has 1 rings (SSSR count). The van der Waals surface area contributed by atoms with Crippen LogP contribution in [0.1, 0.15) is 30.3 Å². The lowest BCUT2D eigenvalue weighted by Crippen LogP contribution is -2.11. The molecular formula is C10H11FO4. The number of carboxylic acid groups (broad SMARTS) is 1. The fourth-order valence-corrected chi connectivity index (χ4v) is 1.17. The van der Waals surface area contributed by atoms with Crippen molar-refractivity contribution < 1.29 is 24.5 Å². The molecule has 0 aromatic heterocycles. The van der Waals surface area contributed by atoms with E-state index in [1.165, 1.54) is 13.0 Å². The molecule has 15 heavy (non-hydrogen) atoms. The maximum atomic E-state index is 12.9. The maximum Gasteiger partial charge on any atom is 0.337 e. The highest BCUT2D eigenvalue weighted by molar-refractivity contribution is 5.75. The SMILES string of the molecule is CC(F)c1ccc(O)c(C(O)C(=O)O)c1. The van der Waals surface area contributed by atoms with Crippen LogP contribution in [0, 0.1) is 0 Å². The van der Waals surface area contributed by atoms with Crippen LogP contribution in [0.3, 0.4) is 0 Å². The first-order chi connectivity index (χ1) is 6.93. The molecule has 0 amide bonds. The van der Waals surface area contributed by atoms with E-state index < -0.39 is 18.2 Å². The van der Waals surface area contributed by atoms with E-state index in [4.69, 9.17) is 5.11 Å². The number of aliphatic hydroxyl groups excluding tert-OH is 1. The molecule has 0 saturated carbocycles. The second-order valence-electron chi connectivity index (χ2n) is 3.18. The van der Waals surface area contributed by atoms with Crippen LogP contribution in [0.4, 0.5) is 4.39 Å². The summed E-state index contributed by atoms with van der Waals surface area (Å²) < 4.78 is 12.9. The van der Waals surface area contributed by atoms with Gasteiger partial charge in [-0.25, -0.2) is 9.18 Å². The zero-order chi connectivity index (χ0) is 11.6. The standard InChI is InChI=1S/C10H11FO4/c1-5(11)6-2-3-8(12)7(4-6)9(13)10(14)15/h2-5,9,12-13H,1H3,(H,14,15).